The maximum atomic E-state index is 13.3. The van der Waals surface area contributed by atoms with Crippen LogP contribution in [-0.4, -0.2) is 24.5 Å². The molecule has 0 bridgehead atoms. The van der Waals surface area contributed by atoms with E-state index in [1.807, 2.05) is 45.0 Å². The van der Waals surface area contributed by atoms with Crippen LogP contribution in [0.2, 0.25) is 5.02 Å². The van der Waals surface area contributed by atoms with Crippen molar-refractivity contribution in [2.75, 3.05) is 11.9 Å². The lowest BCUT2D eigenvalue weighted by Gasteiger charge is -2.20. The van der Waals surface area contributed by atoms with Gasteiger partial charge < -0.3 is 15.4 Å². The van der Waals surface area contributed by atoms with Crippen LogP contribution >= 0.6 is 22.9 Å². The third-order valence-corrected chi connectivity index (χ3v) is 8.57. The molecule has 0 fully saturated rings. The number of benzene rings is 3. The van der Waals surface area contributed by atoms with E-state index < -0.39 is 12.1 Å². The molecule has 3 aromatic carbocycles. The Balaban J connectivity index is 1.23. The van der Waals surface area contributed by atoms with Crippen LogP contribution in [0.15, 0.2) is 85.1 Å². The zero-order chi connectivity index (χ0) is 27.7. The van der Waals surface area contributed by atoms with Gasteiger partial charge in [0.05, 0.1) is 11.6 Å². The molecule has 198 valence electrons. The number of hydrogen-bond acceptors (Lipinski definition) is 5. The Morgan fingerprint density at radius 2 is 1.56 bits per heavy atom. The molecule has 4 aromatic rings. The van der Waals surface area contributed by atoms with Gasteiger partial charge >= 0.3 is 6.09 Å². The van der Waals surface area contributed by atoms with Crippen LogP contribution in [0.5, 0.6) is 0 Å². The summed E-state index contributed by atoms with van der Waals surface area (Å²) in [5.41, 5.74) is 7.28. The Morgan fingerprint density at radius 1 is 0.974 bits per heavy atom. The number of halogens is 1. The van der Waals surface area contributed by atoms with Gasteiger partial charge in [0, 0.05) is 27.1 Å². The molecule has 0 aliphatic heterocycles. The number of aryl methyl sites for hydroxylation is 1. The number of rotatable bonds is 8. The summed E-state index contributed by atoms with van der Waals surface area (Å²) in [7, 11) is 0. The molecule has 0 spiro atoms. The van der Waals surface area contributed by atoms with E-state index in [4.69, 9.17) is 16.3 Å². The monoisotopic (exact) mass is 556 g/mol. The summed E-state index contributed by atoms with van der Waals surface area (Å²) >= 11 is 7.48. The first-order valence-electron chi connectivity index (χ1n) is 12.7. The number of carbonyl (C=O) groups is 2. The van der Waals surface area contributed by atoms with Gasteiger partial charge in [-0.3, -0.25) is 4.79 Å². The van der Waals surface area contributed by atoms with Crippen LogP contribution in [0.4, 0.5) is 9.80 Å². The molecular formula is C32H29ClN2O3S. The van der Waals surface area contributed by atoms with Crippen LogP contribution in [-0.2, 0) is 4.74 Å². The molecule has 1 aliphatic carbocycles. The molecule has 1 aromatic heterocycles. The topological polar surface area (TPSA) is 67.4 Å². The predicted octanol–water partition coefficient (Wildman–Crippen LogP) is 8.10. The van der Waals surface area contributed by atoms with Crippen LogP contribution in [0.1, 0.15) is 50.3 Å². The predicted molar refractivity (Wildman–Crippen MR) is 159 cm³/mol. The summed E-state index contributed by atoms with van der Waals surface area (Å²) in [6.07, 6.45) is -0.525. The van der Waals surface area contributed by atoms with Crippen molar-refractivity contribution >= 4 is 39.8 Å². The van der Waals surface area contributed by atoms with Crippen molar-refractivity contribution in [2.24, 2.45) is 0 Å². The van der Waals surface area contributed by atoms with Crippen molar-refractivity contribution in [1.29, 1.82) is 0 Å². The molecule has 0 saturated heterocycles. The fourth-order valence-corrected chi connectivity index (χ4v) is 6.11. The molecule has 1 amide bonds. The zero-order valence-corrected chi connectivity index (χ0v) is 23.6. The normalized spacial score (nSPS) is 12.8. The molecule has 5 nitrogen and oxygen atoms in total. The van der Waals surface area contributed by atoms with E-state index in [0.717, 1.165) is 21.6 Å². The van der Waals surface area contributed by atoms with Crippen molar-refractivity contribution in [2.45, 2.75) is 32.7 Å². The van der Waals surface area contributed by atoms with Gasteiger partial charge in [-0.2, -0.15) is 0 Å². The first kappa shape index (κ1) is 26.7. The molecule has 39 heavy (non-hydrogen) atoms. The zero-order valence-electron chi connectivity index (χ0n) is 22.0. The van der Waals surface area contributed by atoms with E-state index in [2.05, 4.69) is 41.5 Å². The third-order valence-electron chi connectivity index (χ3n) is 7.19. The smallest absolute Gasteiger partial charge is 0.407 e. The number of amides is 1. The minimum absolute atomic E-state index is 0.0155. The highest BCUT2D eigenvalue weighted by atomic mass is 35.5. The first-order valence-corrected chi connectivity index (χ1v) is 13.9. The summed E-state index contributed by atoms with van der Waals surface area (Å²) in [4.78, 5) is 27.1. The second-order valence-electron chi connectivity index (χ2n) is 9.67. The summed E-state index contributed by atoms with van der Waals surface area (Å²) in [5.74, 6) is -0.112. The summed E-state index contributed by atoms with van der Waals surface area (Å²) in [6.45, 7) is 10.1. The van der Waals surface area contributed by atoms with Crippen molar-refractivity contribution in [3.63, 3.8) is 0 Å². The fraction of sp³-hybridized carbons (Fsp3) is 0.188. The van der Waals surface area contributed by atoms with Gasteiger partial charge in [-0.25, -0.2) is 4.79 Å². The van der Waals surface area contributed by atoms with Gasteiger partial charge in [0.25, 0.3) is 0 Å². The number of ketones is 1. The van der Waals surface area contributed by atoms with Crippen molar-refractivity contribution < 1.29 is 14.3 Å². The quantitative estimate of drug-likeness (QED) is 0.215. The largest absolute Gasteiger partial charge is 0.449 e. The Bertz CT molecular complexity index is 1530. The molecule has 1 heterocycles. The van der Waals surface area contributed by atoms with Gasteiger partial charge in [-0.05, 0) is 72.9 Å². The van der Waals surface area contributed by atoms with Gasteiger partial charge in [-0.1, -0.05) is 66.7 Å². The fourth-order valence-electron chi connectivity index (χ4n) is 4.89. The molecule has 2 N–H and O–H groups in total. The average Bonchev–Trinajstić information content (AvgIpc) is 3.40. The van der Waals surface area contributed by atoms with E-state index in [9.17, 15) is 9.59 Å². The first-order chi connectivity index (χ1) is 18.7. The Labute approximate surface area is 237 Å². The standard InChI is InChI=1S/C32H29ClN2O3S/c1-18-21(4)39-31(29(18)30(36)22-13-15-23(33)16-14-22)34-19(2)20(3)35-32(37)38-17-28-26-11-7-5-9-24(26)25-10-6-8-12-27(25)28/h5-16,20,28,34H,2,17H2,1,3-4H3,(H,35,37)/t20-/m0/s1. The highest BCUT2D eigenvalue weighted by Crippen LogP contribution is 2.44. The molecule has 1 aliphatic rings. The number of hydrogen-bond donors (Lipinski definition) is 2. The number of fused-ring (bicyclic) bond motifs is 3. The maximum absolute atomic E-state index is 13.3. The Morgan fingerprint density at radius 3 is 2.18 bits per heavy atom. The molecule has 5 rings (SSSR count). The Kier molecular flexibility index (Phi) is 7.60. The lowest BCUT2D eigenvalue weighted by Crippen LogP contribution is -2.36. The molecule has 7 heteroatoms. The number of thiophene rings is 1. The van der Waals surface area contributed by atoms with E-state index in [1.165, 1.54) is 22.5 Å². The van der Waals surface area contributed by atoms with E-state index in [1.54, 1.807) is 24.3 Å². The maximum Gasteiger partial charge on any atom is 0.407 e. The molecule has 0 saturated carbocycles. The van der Waals surface area contributed by atoms with Gasteiger partial charge in [0.2, 0.25) is 0 Å². The van der Waals surface area contributed by atoms with E-state index >= 15 is 0 Å². The SMILES string of the molecule is C=C(Nc1sc(C)c(C)c1C(=O)c1ccc(Cl)cc1)[C@H](C)NC(=O)OCC1c2ccccc2-c2ccccc21. The third kappa shape index (κ3) is 5.35. The minimum atomic E-state index is -0.525. The molecule has 0 radical (unpaired) electrons. The van der Waals surface area contributed by atoms with Crippen molar-refractivity contribution in [3.8, 4) is 11.1 Å². The molecular weight excluding hydrogens is 528 g/mol. The highest BCUT2D eigenvalue weighted by Gasteiger charge is 2.29. The molecule has 1 atom stereocenters. The number of carbonyl (C=O) groups excluding carboxylic acids is 2. The second kappa shape index (κ2) is 11.1. The average molecular weight is 557 g/mol. The Hall–Kier alpha value is -3.87. The van der Waals surface area contributed by atoms with Crippen LogP contribution in [0, 0.1) is 13.8 Å². The van der Waals surface area contributed by atoms with Crippen LogP contribution < -0.4 is 10.6 Å². The van der Waals surface area contributed by atoms with Crippen LogP contribution in [0.25, 0.3) is 11.1 Å². The second-order valence-corrected chi connectivity index (χ2v) is 11.3. The van der Waals surface area contributed by atoms with E-state index in [-0.39, 0.29) is 18.3 Å². The summed E-state index contributed by atoms with van der Waals surface area (Å²) < 4.78 is 5.68. The van der Waals surface area contributed by atoms with E-state index in [0.29, 0.717) is 26.8 Å². The van der Waals surface area contributed by atoms with Gasteiger partial charge in [0.15, 0.2) is 5.78 Å². The van der Waals surface area contributed by atoms with Crippen molar-refractivity contribution in [1.82, 2.24) is 5.32 Å². The summed E-state index contributed by atoms with van der Waals surface area (Å²) in [6, 6.07) is 22.9. The minimum Gasteiger partial charge on any atom is -0.449 e. The highest BCUT2D eigenvalue weighted by molar-refractivity contribution is 7.16. The van der Waals surface area contributed by atoms with Gasteiger partial charge in [-0.15, -0.1) is 11.3 Å². The molecule has 0 unspecified atom stereocenters. The number of ether oxygens (including phenoxy) is 1. The number of nitrogens with one attached hydrogen (secondary N) is 2. The lowest BCUT2D eigenvalue weighted by molar-refractivity contribution is 0.103. The number of anilines is 1. The lowest BCUT2D eigenvalue weighted by atomic mass is 9.98. The summed E-state index contributed by atoms with van der Waals surface area (Å²) in [5, 5.41) is 7.40. The van der Waals surface area contributed by atoms with Gasteiger partial charge in [0.1, 0.15) is 11.6 Å². The van der Waals surface area contributed by atoms with Crippen molar-refractivity contribution in [3.05, 3.63) is 123 Å². The number of alkyl carbamates (subject to hydrolysis) is 1. The van der Waals surface area contributed by atoms with Crippen LogP contribution in [0.3, 0.4) is 0 Å².